The van der Waals surface area contributed by atoms with E-state index in [4.69, 9.17) is 4.74 Å². The summed E-state index contributed by atoms with van der Waals surface area (Å²) in [6.07, 6.45) is 2.54. The van der Waals surface area contributed by atoms with Gasteiger partial charge in [0.2, 0.25) is 0 Å². The average Bonchev–Trinajstić information content (AvgIpc) is 2.61. The summed E-state index contributed by atoms with van der Waals surface area (Å²) in [5.41, 5.74) is 1.78. The van der Waals surface area contributed by atoms with Gasteiger partial charge in [0.25, 0.3) is 5.91 Å². The number of anilines is 1. The van der Waals surface area contributed by atoms with Crippen molar-refractivity contribution in [2.24, 2.45) is 5.41 Å². The molecule has 1 saturated heterocycles. The quantitative estimate of drug-likeness (QED) is 0.860. The number of hydrogen-bond donors (Lipinski definition) is 2. The topological polar surface area (TPSA) is 61.8 Å². The van der Waals surface area contributed by atoms with E-state index < -0.39 is 0 Å². The highest BCUT2D eigenvalue weighted by Gasteiger charge is 2.49. The Kier molecular flexibility index (Phi) is 5.35. The summed E-state index contributed by atoms with van der Waals surface area (Å²) in [6.45, 7) is 8.74. The van der Waals surface area contributed by atoms with Gasteiger partial charge in [0, 0.05) is 42.4 Å². The lowest BCUT2D eigenvalue weighted by Crippen LogP contribution is -2.62. The first-order chi connectivity index (χ1) is 11.9. The van der Waals surface area contributed by atoms with Gasteiger partial charge in [-0.25, -0.2) is 0 Å². The Hall–Kier alpha value is -1.59. The molecule has 1 amide bonds. The van der Waals surface area contributed by atoms with Gasteiger partial charge in [-0.15, -0.1) is 0 Å². The minimum atomic E-state index is -0.173. The van der Waals surface area contributed by atoms with Crippen LogP contribution in [0.4, 0.5) is 5.69 Å². The lowest BCUT2D eigenvalue weighted by atomic mass is 9.64. The van der Waals surface area contributed by atoms with E-state index in [0.29, 0.717) is 12.2 Å². The molecule has 0 radical (unpaired) electrons. The molecule has 5 nitrogen and oxygen atoms in total. The van der Waals surface area contributed by atoms with Crippen molar-refractivity contribution in [1.82, 2.24) is 5.32 Å². The van der Waals surface area contributed by atoms with E-state index in [1.54, 1.807) is 0 Å². The third kappa shape index (κ3) is 3.82. The first kappa shape index (κ1) is 18.2. The number of carbonyl (C=O) groups excluding carboxylic acids is 1. The zero-order valence-corrected chi connectivity index (χ0v) is 15.5. The Balaban J connectivity index is 1.56. The molecule has 138 valence electrons. The first-order valence-corrected chi connectivity index (χ1v) is 9.37. The Morgan fingerprint density at radius 2 is 1.92 bits per heavy atom. The summed E-state index contributed by atoms with van der Waals surface area (Å²) in [6, 6.07) is 7.94. The van der Waals surface area contributed by atoms with Gasteiger partial charge in [0.15, 0.2) is 0 Å². The van der Waals surface area contributed by atoms with Crippen LogP contribution in [-0.2, 0) is 4.74 Å². The van der Waals surface area contributed by atoms with Crippen LogP contribution in [-0.4, -0.2) is 49.0 Å². The molecule has 2 N–H and O–H groups in total. The van der Waals surface area contributed by atoms with Crippen molar-refractivity contribution < 1.29 is 14.6 Å². The highest BCUT2D eigenvalue weighted by atomic mass is 16.5. The van der Waals surface area contributed by atoms with Crippen molar-refractivity contribution in [3.63, 3.8) is 0 Å². The van der Waals surface area contributed by atoms with E-state index in [1.807, 2.05) is 31.2 Å². The smallest absolute Gasteiger partial charge is 0.251 e. The van der Waals surface area contributed by atoms with E-state index in [2.05, 4.69) is 24.1 Å². The molecule has 1 heterocycles. The normalized spacial score (nSPS) is 26.2. The van der Waals surface area contributed by atoms with Crippen LogP contribution in [0.1, 0.15) is 50.4 Å². The molecule has 0 aromatic heterocycles. The number of aliphatic hydroxyl groups is 1. The van der Waals surface area contributed by atoms with Crippen molar-refractivity contribution in [3.8, 4) is 0 Å². The molecular formula is C20H30N2O3. The highest BCUT2D eigenvalue weighted by Crippen LogP contribution is 2.42. The second-order valence-electron chi connectivity index (χ2n) is 7.79. The number of ether oxygens (including phenoxy) is 1. The van der Waals surface area contributed by atoms with Crippen LogP contribution in [0, 0.1) is 5.41 Å². The van der Waals surface area contributed by atoms with Crippen LogP contribution >= 0.6 is 0 Å². The minimum absolute atomic E-state index is 0.0198. The standard InChI is InChI=1S/C20H30N2O3/c1-4-25-18-13-17(20(18,2)3)21-19(24)14-5-7-15(8-6-14)22-11-9-16(23)10-12-22/h5-8,16-18,23H,4,9-13H2,1-3H3,(H,21,24)/t17-,18-/m0/s1. The average molecular weight is 346 g/mol. The fraction of sp³-hybridized carbons (Fsp3) is 0.650. The van der Waals surface area contributed by atoms with E-state index in [0.717, 1.165) is 38.0 Å². The Labute approximate surface area is 150 Å². The summed E-state index contributed by atoms with van der Waals surface area (Å²) in [7, 11) is 0. The molecule has 25 heavy (non-hydrogen) atoms. The van der Waals surface area contributed by atoms with Gasteiger partial charge in [-0.3, -0.25) is 4.79 Å². The summed E-state index contributed by atoms with van der Waals surface area (Å²) in [5, 5.41) is 12.8. The molecule has 1 saturated carbocycles. The van der Waals surface area contributed by atoms with Gasteiger partial charge >= 0.3 is 0 Å². The van der Waals surface area contributed by atoms with Gasteiger partial charge < -0.3 is 20.1 Å². The largest absolute Gasteiger partial charge is 0.393 e. The number of rotatable bonds is 5. The number of aliphatic hydroxyl groups excluding tert-OH is 1. The van der Waals surface area contributed by atoms with E-state index in [9.17, 15) is 9.90 Å². The fourth-order valence-electron chi connectivity index (χ4n) is 3.80. The van der Waals surface area contributed by atoms with Crippen LogP contribution in [0.3, 0.4) is 0 Å². The molecule has 1 aliphatic heterocycles. The van der Waals surface area contributed by atoms with Crippen LogP contribution in [0.25, 0.3) is 0 Å². The maximum Gasteiger partial charge on any atom is 0.251 e. The van der Waals surface area contributed by atoms with Crippen molar-refractivity contribution in [2.45, 2.75) is 58.3 Å². The van der Waals surface area contributed by atoms with Gasteiger partial charge in [-0.2, -0.15) is 0 Å². The molecule has 1 aliphatic carbocycles. The molecule has 2 atom stereocenters. The van der Waals surface area contributed by atoms with Crippen molar-refractivity contribution in [2.75, 3.05) is 24.6 Å². The van der Waals surface area contributed by atoms with Crippen LogP contribution < -0.4 is 10.2 Å². The molecule has 5 heteroatoms. The Bertz CT molecular complexity index is 591. The third-order valence-corrected chi connectivity index (χ3v) is 5.81. The number of nitrogens with one attached hydrogen (secondary N) is 1. The summed E-state index contributed by atoms with van der Waals surface area (Å²) in [4.78, 5) is 14.8. The third-order valence-electron chi connectivity index (χ3n) is 5.81. The molecule has 1 aromatic carbocycles. The van der Waals surface area contributed by atoms with Crippen LogP contribution in [0.2, 0.25) is 0 Å². The van der Waals surface area contributed by atoms with E-state index in [-0.39, 0.29) is 29.6 Å². The van der Waals surface area contributed by atoms with Crippen LogP contribution in [0.15, 0.2) is 24.3 Å². The number of hydrogen-bond acceptors (Lipinski definition) is 4. The zero-order chi connectivity index (χ0) is 18.0. The van der Waals surface area contributed by atoms with E-state index in [1.165, 1.54) is 0 Å². The summed E-state index contributed by atoms with van der Waals surface area (Å²) < 4.78 is 5.73. The molecule has 0 bridgehead atoms. The fourth-order valence-corrected chi connectivity index (χ4v) is 3.80. The second-order valence-corrected chi connectivity index (χ2v) is 7.79. The number of amides is 1. The first-order valence-electron chi connectivity index (χ1n) is 9.37. The zero-order valence-electron chi connectivity index (χ0n) is 15.5. The number of carbonyl (C=O) groups is 1. The predicted molar refractivity (Wildman–Crippen MR) is 99.0 cm³/mol. The summed E-state index contributed by atoms with van der Waals surface area (Å²) in [5.74, 6) is -0.0198. The Morgan fingerprint density at radius 3 is 2.48 bits per heavy atom. The number of nitrogens with zero attached hydrogens (tertiary/aromatic N) is 1. The van der Waals surface area contributed by atoms with Crippen molar-refractivity contribution >= 4 is 11.6 Å². The second kappa shape index (κ2) is 7.34. The van der Waals surface area contributed by atoms with Gasteiger partial charge in [-0.1, -0.05) is 13.8 Å². The van der Waals surface area contributed by atoms with Crippen molar-refractivity contribution in [1.29, 1.82) is 0 Å². The van der Waals surface area contributed by atoms with Gasteiger partial charge in [-0.05, 0) is 50.5 Å². The molecule has 2 aliphatic rings. The maximum atomic E-state index is 12.5. The molecule has 0 unspecified atom stereocenters. The van der Waals surface area contributed by atoms with Gasteiger partial charge in [0.1, 0.15) is 0 Å². The SMILES string of the molecule is CCO[C@H]1C[C@H](NC(=O)c2ccc(N3CCC(O)CC3)cc2)C1(C)C. The lowest BCUT2D eigenvalue weighted by Gasteiger charge is -2.51. The maximum absolute atomic E-state index is 12.5. The Morgan fingerprint density at radius 1 is 1.28 bits per heavy atom. The highest BCUT2D eigenvalue weighted by molar-refractivity contribution is 5.94. The van der Waals surface area contributed by atoms with Crippen molar-refractivity contribution in [3.05, 3.63) is 29.8 Å². The van der Waals surface area contributed by atoms with Gasteiger partial charge in [0.05, 0.1) is 12.2 Å². The lowest BCUT2D eigenvalue weighted by molar-refractivity contribution is -0.111. The molecule has 2 fully saturated rings. The molecule has 1 aromatic rings. The van der Waals surface area contributed by atoms with E-state index >= 15 is 0 Å². The molecular weight excluding hydrogens is 316 g/mol. The van der Waals surface area contributed by atoms with Crippen LogP contribution in [0.5, 0.6) is 0 Å². The number of piperidine rings is 1. The monoisotopic (exact) mass is 346 g/mol. The minimum Gasteiger partial charge on any atom is -0.393 e. The number of benzene rings is 1. The molecule has 0 spiro atoms. The predicted octanol–water partition coefficient (Wildman–Crippen LogP) is 2.58. The summed E-state index contributed by atoms with van der Waals surface area (Å²) >= 11 is 0. The molecule has 3 rings (SSSR count).